The van der Waals surface area contributed by atoms with E-state index >= 15 is 0 Å². The van der Waals surface area contributed by atoms with E-state index in [1.165, 1.54) is 17.4 Å². The van der Waals surface area contributed by atoms with Gasteiger partial charge in [0.05, 0.1) is 23.6 Å². The average Bonchev–Trinajstić information content (AvgIpc) is 3.16. The normalized spacial score (nSPS) is 11.3. The van der Waals surface area contributed by atoms with Crippen molar-refractivity contribution in [2.75, 3.05) is 5.32 Å². The lowest BCUT2D eigenvalue weighted by Crippen LogP contribution is -2.13. The second-order valence-electron chi connectivity index (χ2n) is 5.60. The largest absolute Gasteiger partial charge is 0.459 e. The number of hydrogen-bond acceptors (Lipinski definition) is 5. The highest BCUT2D eigenvalue weighted by atomic mass is 32.1. The molecule has 3 rings (SSSR count). The van der Waals surface area contributed by atoms with Crippen LogP contribution in [0.5, 0.6) is 0 Å². The number of nitrogens with one attached hydrogen (secondary N) is 1. The zero-order valence-electron chi connectivity index (χ0n) is 13.8. The fraction of sp³-hybridized carbons (Fsp3) is 0.167. The Labute approximate surface area is 148 Å². The minimum absolute atomic E-state index is 0.196. The van der Waals surface area contributed by atoms with Crippen LogP contribution in [0.1, 0.15) is 29.9 Å². The van der Waals surface area contributed by atoms with Crippen LogP contribution in [0.2, 0.25) is 0 Å². The van der Waals surface area contributed by atoms with Gasteiger partial charge in [0.15, 0.2) is 4.96 Å². The molecule has 128 valence electrons. The van der Waals surface area contributed by atoms with Gasteiger partial charge < -0.3 is 10.1 Å². The van der Waals surface area contributed by atoms with Crippen molar-refractivity contribution in [3.63, 3.8) is 0 Å². The van der Waals surface area contributed by atoms with E-state index in [2.05, 4.69) is 10.3 Å². The first kappa shape index (κ1) is 16.9. The highest BCUT2D eigenvalue weighted by Crippen LogP contribution is 2.15. The number of amides is 1. The molecule has 0 spiro atoms. The molecule has 2 aromatic heterocycles. The van der Waals surface area contributed by atoms with Crippen molar-refractivity contribution in [1.82, 2.24) is 9.38 Å². The summed E-state index contributed by atoms with van der Waals surface area (Å²) in [5, 5.41) is 4.67. The monoisotopic (exact) mass is 355 g/mol. The summed E-state index contributed by atoms with van der Waals surface area (Å²) < 4.78 is 7.05. The van der Waals surface area contributed by atoms with Crippen LogP contribution in [0, 0.1) is 0 Å². The third-order valence-electron chi connectivity index (χ3n) is 3.29. The molecule has 1 amide bonds. The molecule has 0 saturated heterocycles. The van der Waals surface area contributed by atoms with E-state index in [9.17, 15) is 9.59 Å². The first-order valence-corrected chi connectivity index (χ1v) is 8.61. The maximum Gasteiger partial charge on any atom is 0.338 e. The number of nitrogens with zero attached hydrogens (tertiary/aromatic N) is 2. The van der Waals surface area contributed by atoms with E-state index in [1.54, 1.807) is 50.4 Å². The molecule has 0 aliphatic heterocycles. The van der Waals surface area contributed by atoms with Gasteiger partial charge in [0.25, 0.3) is 0 Å². The number of hydrogen-bond donors (Lipinski definition) is 1. The van der Waals surface area contributed by atoms with Crippen LogP contribution in [0.25, 0.3) is 11.0 Å². The Kier molecular flexibility index (Phi) is 4.95. The molecular formula is C18H17N3O3S. The molecular weight excluding hydrogens is 338 g/mol. The maximum absolute atomic E-state index is 12.1. The number of fused-ring (bicyclic) bond motifs is 1. The van der Waals surface area contributed by atoms with Crippen LogP contribution in [0.15, 0.2) is 48.1 Å². The predicted molar refractivity (Wildman–Crippen MR) is 97.7 cm³/mol. The highest BCUT2D eigenvalue weighted by molar-refractivity contribution is 7.15. The van der Waals surface area contributed by atoms with E-state index in [0.717, 1.165) is 10.7 Å². The van der Waals surface area contributed by atoms with Gasteiger partial charge >= 0.3 is 5.97 Å². The molecule has 6 nitrogen and oxygen atoms in total. The second kappa shape index (κ2) is 7.31. The first-order valence-electron chi connectivity index (χ1n) is 7.73. The number of esters is 1. The summed E-state index contributed by atoms with van der Waals surface area (Å²) in [5.41, 5.74) is 1.74. The highest BCUT2D eigenvalue weighted by Gasteiger charge is 2.10. The zero-order chi connectivity index (χ0) is 17.8. The van der Waals surface area contributed by atoms with E-state index < -0.39 is 5.97 Å². The van der Waals surface area contributed by atoms with Gasteiger partial charge in [0.1, 0.15) is 0 Å². The van der Waals surface area contributed by atoms with Gasteiger partial charge in [-0.25, -0.2) is 9.78 Å². The Morgan fingerprint density at radius 2 is 2.20 bits per heavy atom. The average molecular weight is 355 g/mol. The minimum atomic E-state index is -0.416. The molecule has 1 aromatic carbocycles. The number of carbonyl (C=O) groups excluding carboxylic acids is 2. The number of aromatic nitrogens is 2. The lowest BCUT2D eigenvalue weighted by molar-refractivity contribution is -0.111. The lowest BCUT2D eigenvalue weighted by atomic mass is 10.2. The van der Waals surface area contributed by atoms with Gasteiger partial charge in [0.2, 0.25) is 5.91 Å². The SMILES string of the molecule is CC(C)OC(=O)c1cccc(NC(=O)/C=C/c2cnc3sccn23)c1. The number of rotatable bonds is 5. The molecule has 0 unspecified atom stereocenters. The Balaban J connectivity index is 1.67. The van der Waals surface area contributed by atoms with E-state index in [-0.39, 0.29) is 12.0 Å². The van der Waals surface area contributed by atoms with Crippen molar-refractivity contribution in [3.05, 3.63) is 59.4 Å². The maximum atomic E-state index is 12.1. The molecule has 0 bridgehead atoms. The van der Waals surface area contributed by atoms with Crippen molar-refractivity contribution in [2.24, 2.45) is 0 Å². The number of ether oxygens (including phenoxy) is 1. The van der Waals surface area contributed by atoms with Gasteiger partial charge in [-0.3, -0.25) is 9.20 Å². The van der Waals surface area contributed by atoms with E-state index in [4.69, 9.17) is 4.74 Å². The Morgan fingerprint density at radius 1 is 1.36 bits per heavy atom. The van der Waals surface area contributed by atoms with Crippen LogP contribution >= 0.6 is 11.3 Å². The van der Waals surface area contributed by atoms with E-state index in [1.807, 2.05) is 16.0 Å². The van der Waals surface area contributed by atoms with Crippen molar-refractivity contribution in [1.29, 1.82) is 0 Å². The number of imidazole rings is 1. The van der Waals surface area contributed by atoms with Crippen molar-refractivity contribution >= 4 is 39.9 Å². The molecule has 3 aromatic rings. The number of thiazole rings is 1. The fourth-order valence-corrected chi connectivity index (χ4v) is 2.92. The molecule has 0 radical (unpaired) electrons. The number of anilines is 1. The Hall–Kier alpha value is -2.93. The summed E-state index contributed by atoms with van der Waals surface area (Å²) in [6.45, 7) is 3.57. The quantitative estimate of drug-likeness (QED) is 0.560. The summed E-state index contributed by atoms with van der Waals surface area (Å²) in [6.07, 6.45) is 6.53. The van der Waals surface area contributed by atoms with Gasteiger partial charge in [-0.05, 0) is 38.1 Å². The molecule has 0 saturated carbocycles. The molecule has 1 N–H and O–H groups in total. The summed E-state index contributed by atoms with van der Waals surface area (Å²) in [5.74, 6) is -0.708. The molecule has 0 aliphatic carbocycles. The molecule has 25 heavy (non-hydrogen) atoms. The Bertz CT molecular complexity index is 940. The number of carbonyl (C=O) groups is 2. The molecule has 2 heterocycles. The van der Waals surface area contributed by atoms with Crippen molar-refractivity contribution in [3.8, 4) is 0 Å². The van der Waals surface area contributed by atoms with Gasteiger partial charge in [0, 0.05) is 23.3 Å². The molecule has 0 fully saturated rings. The second-order valence-corrected chi connectivity index (χ2v) is 6.47. The number of benzene rings is 1. The Morgan fingerprint density at radius 3 is 3.00 bits per heavy atom. The molecule has 0 atom stereocenters. The summed E-state index contributed by atoms with van der Waals surface area (Å²) >= 11 is 1.53. The van der Waals surface area contributed by atoms with Crippen LogP contribution in [0.3, 0.4) is 0 Å². The zero-order valence-corrected chi connectivity index (χ0v) is 14.6. The lowest BCUT2D eigenvalue weighted by Gasteiger charge is -2.09. The minimum Gasteiger partial charge on any atom is -0.459 e. The van der Waals surface area contributed by atoms with Gasteiger partial charge in [-0.2, -0.15) is 0 Å². The van der Waals surface area contributed by atoms with Crippen LogP contribution in [-0.4, -0.2) is 27.4 Å². The van der Waals surface area contributed by atoms with Crippen LogP contribution in [-0.2, 0) is 9.53 Å². The predicted octanol–water partition coefficient (Wildman–Crippen LogP) is 3.61. The van der Waals surface area contributed by atoms with Crippen molar-refractivity contribution in [2.45, 2.75) is 20.0 Å². The van der Waals surface area contributed by atoms with Crippen molar-refractivity contribution < 1.29 is 14.3 Å². The third kappa shape index (κ3) is 4.13. The molecule has 0 aliphatic rings. The third-order valence-corrected chi connectivity index (χ3v) is 4.06. The summed E-state index contributed by atoms with van der Waals surface area (Å²) in [4.78, 5) is 29.1. The molecule has 7 heteroatoms. The van der Waals surface area contributed by atoms with Gasteiger partial charge in [-0.1, -0.05) is 6.07 Å². The van der Waals surface area contributed by atoms with Gasteiger partial charge in [-0.15, -0.1) is 11.3 Å². The van der Waals surface area contributed by atoms with Crippen LogP contribution in [0.4, 0.5) is 5.69 Å². The summed E-state index contributed by atoms with van der Waals surface area (Å²) in [6, 6.07) is 6.65. The standard InChI is InChI=1S/C18H17N3O3S/c1-12(2)24-17(23)13-4-3-5-14(10-13)20-16(22)7-6-15-11-19-18-21(15)8-9-25-18/h3-12H,1-2H3,(H,20,22)/b7-6+. The summed E-state index contributed by atoms with van der Waals surface area (Å²) in [7, 11) is 0. The topological polar surface area (TPSA) is 72.7 Å². The smallest absolute Gasteiger partial charge is 0.338 e. The first-order chi connectivity index (χ1) is 12.0. The van der Waals surface area contributed by atoms with E-state index in [0.29, 0.717) is 11.3 Å². The fourth-order valence-electron chi connectivity index (χ4n) is 2.22. The van der Waals surface area contributed by atoms with Crippen LogP contribution < -0.4 is 5.32 Å².